The Hall–Kier alpha value is -0.180. The molecule has 0 aromatic heterocycles. The minimum Gasteiger partial charge on any atom is -0.392 e. The lowest BCUT2D eigenvalue weighted by molar-refractivity contribution is 0.200. The van der Waals surface area contributed by atoms with Crippen molar-refractivity contribution < 1.29 is 5.11 Å². The molecule has 0 fully saturated rings. The lowest BCUT2D eigenvalue weighted by atomic mass is 10.1. The maximum atomic E-state index is 9.62. The average Bonchev–Trinajstić information content (AvgIpc) is 2.10. The van der Waals surface area contributed by atoms with Crippen molar-refractivity contribution in [3.63, 3.8) is 0 Å². The van der Waals surface area contributed by atoms with Gasteiger partial charge < -0.3 is 5.11 Å². The minimum absolute atomic E-state index is 0.301. The Bertz CT molecular complexity index is 301. The third kappa shape index (κ3) is 3.52. The summed E-state index contributed by atoms with van der Waals surface area (Å²) in [7, 11) is 0. The van der Waals surface area contributed by atoms with Crippen molar-refractivity contribution in [1.29, 1.82) is 0 Å². The third-order valence-electron chi connectivity index (χ3n) is 2.02. The summed E-state index contributed by atoms with van der Waals surface area (Å²) >= 11 is 7.70. The summed E-state index contributed by atoms with van der Waals surface area (Å²) in [5.41, 5.74) is 2.18. The first-order valence-corrected chi connectivity index (χ1v) is 6.32. The van der Waals surface area contributed by atoms with E-state index in [-0.39, 0.29) is 6.10 Å². The highest BCUT2D eigenvalue weighted by molar-refractivity contribution is 7.98. The Morgan fingerprint density at radius 1 is 1.50 bits per heavy atom. The summed E-state index contributed by atoms with van der Waals surface area (Å²) < 4.78 is 0. The summed E-state index contributed by atoms with van der Waals surface area (Å²) in [5.74, 6) is 0.754. The van der Waals surface area contributed by atoms with E-state index < -0.39 is 0 Å². The zero-order valence-corrected chi connectivity index (χ0v) is 10.0. The second-order valence-electron chi connectivity index (χ2n) is 3.41. The molecule has 1 aromatic rings. The van der Waals surface area contributed by atoms with Crippen LogP contribution in [0.3, 0.4) is 0 Å². The molecule has 0 radical (unpaired) electrons. The molecule has 0 heterocycles. The van der Waals surface area contributed by atoms with Crippen molar-refractivity contribution in [1.82, 2.24) is 0 Å². The van der Waals surface area contributed by atoms with Gasteiger partial charge in [0.1, 0.15) is 0 Å². The van der Waals surface area contributed by atoms with Crippen LogP contribution in [0.15, 0.2) is 18.2 Å². The highest BCUT2D eigenvalue weighted by Crippen LogP contribution is 2.19. The molecule has 0 saturated carbocycles. The molecule has 0 saturated heterocycles. The first-order chi connectivity index (χ1) is 6.63. The molecule has 0 aliphatic rings. The predicted octanol–water partition coefficient (Wildman–Crippen LogP) is 2.91. The maximum absolute atomic E-state index is 9.62. The summed E-state index contributed by atoms with van der Waals surface area (Å²) in [6, 6.07) is 5.94. The Kier molecular flexibility index (Phi) is 4.79. The Labute approximate surface area is 94.5 Å². The molecule has 3 heteroatoms. The van der Waals surface area contributed by atoms with E-state index in [1.165, 1.54) is 0 Å². The van der Waals surface area contributed by atoms with Crippen LogP contribution < -0.4 is 0 Å². The molecule has 0 bridgehead atoms. The second kappa shape index (κ2) is 5.64. The van der Waals surface area contributed by atoms with Gasteiger partial charge in [-0.15, -0.1) is 0 Å². The molecule has 1 atom stereocenters. The zero-order chi connectivity index (χ0) is 10.6. The van der Waals surface area contributed by atoms with E-state index in [2.05, 4.69) is 0 Å². The molecule has 0 spiro atoms. The lowest BCUT2D eigenvalue weighted by Crippen LogP contribution is -2.13. The number of aliphatic hydroxyl groups is 1. The number of thioether (sulfide) groups is 1. The second-order valence-corrected chi connectivity index (χ2v) is 4.73. The van der Waals surface area contributed by atoms with Gasteiger partial charge in [0, 0.05) is 17.2 Å². The van der Waals surface area contributed by atoms with Gasteiger partial charge in [0.15, 0.2) is 0 Å². The maximum Gasteiger partial charge on any atom is 0.0671 e. The van der Waals surface area contributed by atoms with Gasteiger partial charge in [0.05, 0.1) is 6.10 Å². The standard InChI is InChI=1S/C11H15ClOS/c1-8-3-4-9(11(12)5-8)6-10(13)7-14-2/h3-5,10,13H,6-7H2,1-2H3. The van der Waals surface area contributed by atoms with Gasteiger partial charge in [0.2, 0.25) is 0 Å². The van der Waals surface area contributed by atoms with Crippen LogP contribution in [0.5, 0.6) is 0 Å². The molecule has 1 nitrogen and oxygen atoms in total. The SMILES string of the molecule is CSCC(O)Cc1ccc(C)cc1Cl. The van der Waals surface area contributed by atoms with E-state index in [1.54, 1.807) is 11.8 Å². The van der Waals surface area contributed by atoms with Crippen LogP contribution in [-0.4, -0.2) is 23.2 Å². The largest absolute Gasteiger partial charge is 0.392 e. The molecule has 0 aliphatic heterocycles. The number of hydrogen-bond acceptors (Lipinski definition) is 2. The molecule has 0 amide bonds. The molecular formula is C11H15ClOS. The van der Waals surface area contributed by atoms with Crippen LogP contribution in [0.4, 0.5) is 0 Å². The summed E-state index contributed by atoms with van der Waals surface area (Å²) in [6.07, 6.45) is 2.32. The highest BCUT2D eigenvalue weighted by atomic mass is 35.5. The molecule has 1 aromatic carbocycles. The minimum atomic E-state index is -0.301. The van der Waals surface area contributed by atoms with Gasteiger partial charge in [-0.3, -0.25) is 0 Å². The lowest BCUT2D eigenvalue weighted by Gasteiger charge is -2.10. The number of aliphatic hydroxyl groups excluding tert-OH is 1. The molecule has 78 valence electrons. The van der Waals surface area contributed by atoms with E-state index in [0.29, 0.717) is 6.42 Å². The summed E-state index contributed by atoms with van der Waals surface area (Å²) in [5, 5.41) is 10.4. The predicted molar refractivity (Wildman–Crippen MR) is 64.3 cm³/mol. The average molecular weight is 231 g/mol. The first kappa shape index (κ1) is 11.9. The fourth-order valence-corrected chi connectivity index (χ4v) is 2.14. The molecule has 1 N–H and O–H groups in total. The first-order valence-electron chi connectivity index (χ1n) is 4.55. The molecule has 1 unspecified atom stereocenters. The van der Waals surface area contributed by atoms with Crippen molar-refractivity contribution in [3.05, 3.63) is 34.3 Å². The normalized spacial score (nSPS) is 12.9. The molecule has 14 heavy (non-hydrogen) atoms. The highest BCUT2D eigenvalue weighted by Gasteiger charge is 2.07. The topological polar surface area (TPSA) is 20.2 Å². The molecule has 0 aliphatic carbocycles. The number of halogens is 1. The van der Waals surface area contributed by atoms with E-state index >= 15 is 0 Å². The van der Waals surface area contributed by atoms with Gasteiger partial charge >= 0.3 is 0 Å². The van der Waals surface area contributed by atoms with Crippen molar-refractivity contribution in [2.45, 2.75) is 19.4 Å². The number of benzene rings is 1. The molecule has 1 rings (SSSR count). The Morgan fingerprint density at radius 3 is 2.79 bits per heavy atom. The zero-order valence-electron chi connectivity index (χ0n) is 8.46. The quantitative estimate of drug-likeness (QED) is 0.859. The van der Waals surface area contributed by atoms with Crippen molar-refractivity contribution >= 4 is 23.4 Å². The van der Waals surface area contributed by atoms with Gasteiger partial charge in [-0.1, -0.05) is 23.7 Å². The summed E-state index contributed by atoms with van der Waals surface area (Å²) in [4.78, 5) is 0. The van der Waals surface area contributed by atoms with E-state index in [4.69, 9.17) is 11.6 Å². The van der Waals surface area contributed by atoms with Crippen LogP contribution in [0.1, 0.15) is 11.1 Å². The van der Waals surface area contributed by atoms with Gasteiger partial charge in [-0.2, -0.15) is 11.8 Å². The van der Waals surface area contributed by atoms with Gasteiger partial charge in [0.25, 0.3) is 0 Å². The van der Waals surface area contributed by atoms with Gasteiger partial charge in [-0.25, -0.2) is 0 Å². The van der Waals surface area contributed by atoms with Crippen molar-refractivity contribution in [2.24, 2.45) is 0 Å². The fraction of sp³-hybridized carbons (Fsp3) is 0.455. The smallest absolute Gasteiger partial charge is 0.0671 e. The number of hydrogen-bond donors (Lipinski definition) is 1. The van der Waals surface area contributed by atoms with E-state index in [1.807, 2.05) is 31.4 Å². The van der Waals surface area contributed by atoms with E-state index in [9.17, 15) is 5.11 Å². The number of aryl methyl sites for hydroxylation is 1. The van der Waals surface area contributed by atoms with Crippen LogP contribution in [-0.2, 0) is 6.42 Å². The van der Waals surface area contributed by atoms with Crippen molar-refractivity contribution in [3.8, 4) is 0 Å². The Balaban J connectivity index is 2.67. The summed E-state index contributed by atoms with van der Waals surface area (Å²) in [6.45, 7) is 2.01. The van der Waals surface area contributed by atoms with Crippen LogP contribution in [0.2, 0.25) is 5.02 Å². The van der Waals surface area contributed by atoms with Crippen LogP contribution in [0.25, 0.3) is 0 Å². The molecular weight excluding hydrogens is 216 g/mol. The van der Waals surface area contributed by atoms with E-state index in [0.717, 1.165) is 21.9 Å². The van der Waals surface area contributed by atoms with Gasteiger partial charge in [-0.05, 0) is 30.4 Å². The monoisotopic (exact) mass is 230 g/mol. The number of rotatable bonds is 4. The third-order valence-corrected chi connectivity index (χ3v) is 3.09. The Morgan fingerprint density at radius 2 is 2.21 bits per heavy atom. The van der Waals surface area contributed by atoms with Crippen LogP contribution >= 0.6 is 23.4 Å². The van der Waals surface area contributed by atoms with Crippen LogP contribution in [0, 0.1) is 6.92 Å². The fourth-order valence-electron chi connectivity index (χ4n) is 1.32. The van der Waals surface area contributed by atoms with Crippen molar-refractivity contribution in [2.75, 3.05) is 12.0 Å².